The van der Waals surface area contributed by atoms with E-state index in [1.54, 1.807) is 0 Å². The van der Waals surface area contributed by atoms with Gasteiger partial charge in [-0.15, -0.1) is 0 Å². The molecular weight excluding hydrogens is 292 g/mol. The zero-order valence-electron chi connectivity index (χ0n) is 14.0. The highest BCUT2D eigenvalue weighted by atomic mass is 16.5. The molecule has 1 amide bonds. The number of aryl methyl sites for hydroxylation is 2. The third-order valence-electron chi connectivity index (χ3n) is 5.14. The lowest BCUT2D eigenvalue weighted by Gasteiger charge is -2.42. The molecule has 2 aliphatic rings. The fourth-order valence-corrected chi connectivity index (χ4v) is 3.73. The maximum atomic E-state index is 12.3. The molecule has 0 unspecified atom stereocenters. The van der Waals surface area contributed by atoms with E-state index < -0.39 is 6.10 Å². The largest absolute Gasteiger partial charge is 0.389 e. The standard InChI is InChI=1S/C18H26N2O3/c1-13-5-3-6-14(2)17(13)19-16(22)12-20-9-8-18(15(21)11-20)7-4-10-23-18/h3,5-6,15,21H,4,7-12H2,1-2H3,(H,19,22)/t15-,18-/m0/s1. The molecule has 2 saturated heterocycles. The number of para-hydroxylation sites is 1. The van der Waals surface area contributed by atoms with Crippen LogP contribution in [0.3, 0.4) is 0 Å². The van der Waals surface area contributed by atoms with E-state index in [1.165, 1.54) is 0 Å². The second-order valence-corrected chi connectivity index (χ2v) is 6.83. The van der Waals surface area contributed by atoms with Gasteiger partial charge in [0.25, 0.3) is 0 Å². The Kier molecular flexibility index (Phi) is 4.71. The number of hydrogen-bond acceptors (Lipinski definition) is 4. The summed E-state index contributed by atoms with van der Waals surface area (Å²) >= 11 is 0. The van der Waals surface area contributed by atoms with Crippen LogP contribution in [-0.4, -0.2) is 53.9 Å². The summed E-state index contributed by atoms with van der Waals surface area (Å²) in [6.45, 7) is 6.32. The van der Waals surface area contributed by atoms with Gasteiger partial charge in [0, 0.05) is 25.4 Å². The van der Waals surface area contributed by atoms with Crippen LogP contribution in [0.2, 0.25) is 0 Å². The van der Waals surface area contributed by atoms with Gasteiger partial charge in [0.2, 0.25) is 5.91 Å². The zero-order chi connectivity index (χ0) is 16.4. The Labute approximate surface area is 137 Å². The van der Waals surface area contributed by atoms with E-state index in [2.05, 4.69) is 5.32 Å². The number of nitrogens with zero attached hydrogens (tertiary/aromatic N) is 1. The van der Waals surface area contributed by atoms with Crippen molar-refractivity contribution in [3.8, 4) is 0 Å². The third kappa shape index (κ3) is 3.42. The lowest BCUT2D eigenvalue weighted by Crippen LogP contribution is -2.56. The Hall–Kier alpha value is -1.43. The van der Waals surface area contributed by atoms with E-state index in [0.29, 0.717) is 13.1 Å². The second kappa shape index (κ2) is 6.59. The molecule has 1 aromatic rings. The minimum absolute atomic E-state index is 0.0297. The number of nitrogens with one attached hydrogen (secondary N) is 1. The van der Waals surface area contributed by atoms with Gasteiger partial charge < -0.3 is 15.2 Å². The predicted octanol–water partition coefficient (Wildman–Crippen LogP) is 1.86. The molecule has 0 aliphatic carbocycles. The van der Waals surface area contributed by atoms with E-state index in [0.717, 1.165) is 49.2 Å². The number of carbonyl (C=O) groups is 1. The topological polar surface area (TPSA) is 61.8 Å². The van der Waals surface area contributed by atoms with Crippen LogP contribution in [0.1, 0.15) is 30.4 Å². The average molecular weight is 318 g/mol. The number of hydrogen-bond donors (Lipinski definition) is 2. The van der Waals surface area contributed by atoms with Gasteiger partial charge in [-0.3, -0.25) is 9.69 Å². The number of aliphatic hydroxyl groups excluding tert-OH is 1. The number of ether oxygens (including phenoxy) is 1. The van der Waals surface area contributed by atoms with Gasteiger partial charge in [0.1, 0.15) is 0 Å². The number of carbonyl (C=O) groups excluding carboxylic acids is 1. The fourth-order valence-electron chi connectivity index (χ4n) is 3.73. The Morgan fingerprint density at radius 2 is 2.13 bits per heavy atom. The van der Waals surface area contributed by atoms with Crippen LogP contribution in [0.15, 0.2) is 18.2 Å². The summed E-state index contributed by atoms with van der Waals surface area (Å²) in [5, 5.41) is 13.4. The molecule has 3 rings (SSSR count). The first-order valence-electron chi connectivity index (χ1n) is 8.41. The second-order valence-electron chi connectivity index (χ2n) is 6.83. The van der Waals surface area contributed by atoms with Crippen molar-refractivity contribution in [2.24, 2.45) is 0 Å². The van der Waals surface area contributed by atoms with Crippen LogP contribution < -0.4 is 5.32 Å². The molecule has 2 N–H and O–H groups in total. The third-order valence-corrected chi connectivity index (χ3v) is 5.14. The highest BCUT2D eigenvalue weighted by Gasteiger charge is 2.45. The summed E-state index contributed by atoms with van der Waals surface area (Å²) in [5.41, 5.74) is 2.66. The lowest BCUT2D eigenvalue weighted by atomic mass is 9.86. The quantitative estimate of drug-likeness (QED) is 0.893. The fraction of sp³-hybridized carbons (Fsp3) is 0.611. The van der Waals surface area contributed by atoms with Crippen molar-refractivity contribution in [2.45, 2.75) is 44.8 Å². The van der Waals surface area contributed by atoms with Crippen LogP contribution in [0.25, 0.3) is 0 Å². The average Bonchev–Trinajstić information content (AvgIpc) is 2.97. The monoisotopic (exact) mass is 318 g/mol. The molecule has 5 nitrogen and oxygen atoms in total. The van der Waals surface area contributed by atoms with Gasteiger partial charge >= 0.3 is 0 Å². The number of β-amino-alcohol motifs (C(OH)–C–C–N with tert-alkyl or cyclic N) is 1. The number of piperidine rings is 1. The van der Waals surface area contributed by atoms with E-state index in [-0.39, 0.29) is 11.5 Å². The first kappa shape index (κ1) is 16.4. The molecule has 2 heterocycles. The molecule has 0 saturated carbocycles. The van der Waals surface area contributed by atoms with Gasteiger partial charge in [0.05, 0.1) is 18.2 Å². The molecule has 2 aliphatic heterocycles. The lowest BCUT2D eigenvalue weighted by molar-refractivity contribution is -0.135. The van der Waals surface area contributed by atoms with Crippen molar-refractivity contribution in [3.05, 3.63) is 29.3 Å². The molecule has 5 heteroatoms. The molecule has 0 radical (unpaired) electrons. The molecule has 0 bridgehead atoms. The SMILES string of the molecule is Cc1cccc(C)c1NC(=O)CN1CC[C@@]2(CCCO2)[C@@H](O)C1. The zero-order valence-corrected chi connectivity index (χ0v) is 14.0. The van der Waals surface area contributed by atoms with Crippen LogP contribution in [0, 0.1) is 13.8 Å². The minimum atomic E-state index is -0.508. The van der Waals surface area contributed by atoms with E-state index in [4.69, 9.17) is 4.74 Å². The summed E-state index contributed by atoms with van der Waals surface area (Å²) in [6, 6.07) is 5.98. The number of rotatable bonds is 3. The Balaban J connectivity index is 1.57. The highest BCUT2D eigenvalue weighted by molar-refractivity contribution is 5.93. The van der Waals surface area contributed by atoms with Crippen LogP contribution in [0.5, 0.6) is 0 Å². The minimum Gasteiger partial charge on any atom is -0.389 e. The van der Waals surface area contributed by atoms with Crippen LogP contribution >= 0.6 is 0 Å². The van der Waals surface area contributed by atoms with E-state index >= 15 is 0 Å². The van der Waals surface area contributed by atoms with Crippen molar-refractivity contribution in [1.82, 2.24) is 4.90 Å². The maximum Gasteiger partial charge on any atom is 0.238 e. The first-order chi connectivity index (χ1) is 11.0. The molecule has 2 atom stereocenters. The van der Waals surface area contributed by atoms with Crippen molar-refractivity contribution < 1.29 is 14.6 Å². The summed E-state index contributed by atoms with van der Waals surface area (Å²) in [6.07, 6.45) is 2.23. The van der Waals surface area contributed by atoms with Crippen molar-refractivity contribution in [2.75, 3.05) is 31.6 Å². The summed E-state index contributed by atoms with van der Waals surface area (Å²) in [5.74, 6) is -0.0297. The Bertz CT molecular complexity index is 561. The van der Waals surface area contributed by atoms with E-state index in [9.17, 15) is 9.90 Å². The van der Waals surface area contributed by atoms with Gasteiger partial charge in [-0.2, -0.15) is 0 Å². The number of aliphatic hydroxyl groups is 1. The van der Waals surface area contributed by atoms with Crippen LogP contribution in [0.4, 0.5) is 5.69 Å². The van der Waals surface area contributed by atoms with Gasteiger partial charge in [-0.25, -0.2) is 0 Å². The molecule has 126 valence electrons. The number of amides is 1. The molecule has 2 fully saturated rings. The molecule has 1 spiro atoms. The smallest absolute Gasteiger partial charge is 0.238 e. The summed E-state index contributed by atoms with van der Waals surface area (Å²) < 4.78 is 5.80. The maximum absolute atomic E-state index is 12.3. The highest BCUT2D eigenvalue weighted by Crippen LogP contribution is 2.35. The van der Waals surface area contributed by atoms with E-state index in [1.807, 2.05) is 36.9 Å². The number of benzene rings is 1. The number of anilines is 1. The molecule has 0 aromatic heterocycles. The summed E-state index contributed by atoms with van der Waals surface area (Å²) in [4.78, 5) is 14.4. The Morgan fingerprint density at radius 1 is 1.39 bits per heavy atom. The Morgan fingerprint density at radius 3 is 2.74 bits per heavy atom. The van der Waals surface area contributed by atoms with Crippen molar-refractivity contribution in [1.29, 1.82) is 0 Å². The van der Waals surface area contributed by atoms with Crippen molar-refractivity contribution in [3.63, 3.8) is 0 Å². The predicted molar refractivity (Wildman–Crippen MR) is 89.5 cm³/mol. The van der Waals surface area contributed by atoms with Crippen LogP contribution in [-0.2, 0) is 9.53 Å². The van der Waals surface area contributed by atoms with Gasteiger partial charge in [-0.05, 0) is 44.2 Å². The molecule has 23 heavy (non-hydrogen) atoms. The van der Waals surface area contributed by atoms with Gasteiger partial charge in [0.15, 0.2) is 0 Å². The van der Waals surface area contributed by atoms with Crippen molar-refractivity contribution >= 4 is 11.6 Å². The first-order valence-corrected chi connectivity index (χ1v) is 8.41. The number of likely N-dealkylation sites (tertiary alicyclic amines) is 1. The molecular formula is C18H26N2O3. The van der Waals surface area contributed by atoms with Gasteiger partial charge in [-0.1, -0.05) is 18.2 Å². The summed E-state index contributed by atoms with van der Waals surface area (Å²) in [7, 11) is 0. The normalized spacial score (nSPS) is 28.2. The molecule has 1 aromatic carbocycles.